The number of pyridine rings is 2. The van der Waals surface area contributed by atoms with Crippen LogP contribution in [0, 0.1) is 5.92 Å². The molecule has 2 fully saturated rings. The van der Waals surface area contributed by atoms with E-state index in [1.807, 2.05) is 23.2 Å². The maximum absolute atomic E-state index is 13.1. The van der Waals surface area contributed by atoms with E-state index in [4.69, 9.17) is 10.7 Å². The summed E-state index contributed by atoms with van der Waals surface area (Å²) in [6.45, 7) is 5.14. The van der Waals surface area contributed by atoms with E-state index in [0.29, 0.717) is 18.0 Å². The molecule has 1 aliphatic heterocycles. The summed E-state index contributed by atoms with van der Waals surface area (Å²) in [6, 6.07) is 8.19. The Kier molecular flexibility index (Phi) is 4.90. The summed E-state index contributed by atoms with van der Waals surface area (Å²) in [6.07, 6.45) is 7.98. The number of nitrogens with zero attached hydrogens (tertiary/aromatic N) is 6. The van der Waals surface area contributed by atoms with E-state index in [2.05, 4.69) is 38.2 Å². The first-order valence-electron chi connectivity index (χ1n) is 12.0. The third-order valence-electron chi connectivity index (χ3n) is 6.92. The van der Waals surface area contributed by atoms with Crippen molar-refractivity contribution < 1.29 is 4.79 Å². The third-order valence-corrected chi connectivity index (χ3v) is 6.92. The molecule has 8 nitrogen and oxygen atoms in total. The topological polar surface area (TPSA) is 94.9 Å². The Labute approximate surface area is 192 Å². The number of piperidine rings is 1. The van der Waals surface area contributed by atoms with Gasteiger partial charge in [0.2, 0.25) is 0 Å². The molecule has 4 aromatic heterocycles. The highest BCUT2D eigenvalue weighted by Crippen LogP contribution is 2.36. The zero-order valence-corrected chi connectivity index (χ0v) is 18.9. The van der Waals surface area contributed by atoms with Crippen LogP contribution in [0.5, 0.6) is 0 Å². The van der Waals surface area contributed by atoms with E-state index in [9.17, 15) is 4.79 Å². The van der Waals surface area contributed by atoms with Crippen LogP contribution in [0.25, 0.3) is 33.7 Å². The molecule has 2 N–H and O–H groups in total. The van der Waals surface area contributed by atoms with Gasteiger partial charge in [0.05, 0.1) is 11.3 Å². The minimum absolute atomic E-state index is 0.0146. The van der Waals surface area contributed by atoms with Crippen molar-refractivity contribution in [2.75, 3.05) is 13.1 Å². The lowest BCUT2D eigenvalue weighted by molar-refractivity contribution is 0.0708. The summed E-state index contributed by atoms with van der Waals surface area (Å²) in [4.78, 5) is 29.3. The van der Waals surface area contributed by atoms with Gasteiger partial charge in [-0.2, -0.15) is 0 Å². The normalized spacial score (nSPS) is 19.0. The van der Waals surface area contributed by atoms with Crippen LogP contribution >= 0.6 is 0 Å². The molecular formula is C25H29N7O. The second-order valence-corrected chi connectivity index (χ2v) is 9.40. The van der Waals surface area contributed by atoms with Crippen molar-refractivity contribution in [1.29, 1.82) is 0 Å². The minimum Gasteiger partial charge on any atom is -0.337 e. The smallest absolute Gasteiger partial charge is 0.255 e. The van der Waals surface area contributed by atoms with Gasteiger partial charge in [-0.1, -0.05) is 0 Å². The van der Waals surface area contributed by atoms with Gasteiger partial charge in [0.1, 0.15) is 11.2 Å². The van der Waals surface area contributed by atoms with Crippen LogP contribution in [0.2, 0.25) is 0 Å². The maximum Gasteiger partial charge on any atom is 0.255 e. The molecule has 1 saturated heterocycles. The van der Waals surface area contributed by atoms with Crippen molar-refractivity contribution in [3.05, 3.63) is 42.2 Å². The van der Waals surface area contributed by atoms with Crippen molar-refractivity contribution in [1.82, 2.24) is 29.0 Å². The Morgan fingerprint density at radius 3 is 2.82 bits per heavy atom. The molecule has 33 heavy (non-hydrogen) atoms. The summed E-state index contributed by atoms with van der Waals surface area (Å²) in [5, 5.41) is 1.12. The van der Waals surface area contributed by atoms with E-state index in [1.54, 1.807) is 6.20 Å². The number of imidazole rings is 1. The monoisotopic (exact) mass is 443 g/mol. The number of hydrogen-bond acceptors (Lipinski definition) is 5. The number of likely N-dealkylation sites (tertiary alicyclic amines) is 1. The Balaban J connectivity index is 1.44. The van der Waals surface area contributed by atoms with Crippen molar-refractivity contribution in [3.8, 4) is 11.5 Å². The molecule has 1 atom stereocenters. The molecule has 0 radical (unpaired) electrons. The number of aryl methyl sites for hydroxylation is 1. The molecule has 1 aliphatic carbocycles. The highest BCUT2D eigenvalue weighted by atomic mass is 16.2. The molecule has 4 aromatic rings. The minimum atomic E-state index is -0.0146. The fourth-order valence-electron chi connectivity index (χ4n) is 5.02. The molecule has 0 unspecified atom stereocenters. The number of hydrogen-bond donors (Lipinski definition) is 1. The van der Waals surface area contributed by atoms with Gasteiger partial charge in [0, 0.05) is 50.0 Å². The molecule has 0 aromatic carbocycles. The Bertz CT molecular complexity index is 1350. The highest BCUT2D eigenvalue weighted by Gasteiger charge is 2.27. The lowest BCUT2D eigenvalue weighted by Crippen LogP contribution is -2.45. The molecule has 1 saturated carbocycles. The van der Waals surface area contributed by atoms with Crippen molar-refractivity contribution in [2.45, 2.75) is 51.7 Å². The first kappa shape index (κ1) is 20.4. The molecule has 170 valence electrons. The Morgan fingerprint density at radius 2 is 2.03 bits per heavy atom. The van der Waals surface area contributed by atoms with Gasteiger partial charge in [-0.15, -0.1) is 0 Å². The Morgan fingerprint density at radius 1 is 1.15 bits per heavy atom. The number of aromatic nitrogens is 5. The van der Waals surface area contributed by atoms with E-state index in [1.165, 1.54) is 12.8 Å². The van der Waals surface area contributed by atoms with Gasteiger partial charge in [-0.3, -0.25) is 4.79 Å². The molecular weight excluding hydrogens is 414 g/mol. The van der Waals surface area contributed by atoms with Crippen molar-refractivity contribution in [3.63, 3.8) is 0 Å². The summed E-state index contributed by atoms with van der Waals surface area (Å²) < 4.78 is 4.44. The number of carbonyl (C=O) groups is 1. The largest absolute Gasteiger partial charge is 0.337 e. The van der Waals surface area contributed by atoms with E-state index < -0.39 is 0 Å². The van der Waals surface area contributed by atoms with Crippen LogP contribution in [0.1, 0.15) is 43.0 Å². The second-order valence-electron chi connectivity index (χ2n) is 9.40. The molecule has 8 heteroatoms. The van der Waals surface area contributed by atoms with Gasteiger partial charge in [-0.05, 0) is 62.8 Å². The molecule has 0 spiro atoms. The molecule has 5 heterocycles. The van der Waals surface area contributed by atoms with Crippen molar-refractivity contribution >= 4 is 28.1 Å². The summed E-state index contributed by atoms with van der Waals surface area (Å²) in [5.74, 6) is 1.57. The average molecular weight is 444 g/mol. The van der Waals surface area contributed by atoms with E-state index in [-0.39, 0.29) is 11.9 Å². The fraction of sp³-hybridized carbons (Fsp3) is 0.440. The second kappa shape index (κ2) is 7.95. The van der Waals surface area contributed by atoms with Crippen LogP contribution in [0.15, 0.2) is 36.7 Å². The summed E-state index contributed by atoms with van der Waals surface area (Å²) in [7, 11) is 0. The first-order valence-corrected chi connectivity index (χ1v) is 12.0. The SMILES string of the molecule is CCn1c(-c2cc3cccnc3n2CC2CC2)nc2cc(C(=O)N3CCC[C@@H](N)C3)cnc21. The van der Waals surface area contributed by atoms with Crippen LogP contribution in [-0.2, 0) is 13.1 Å². The first-order chi connectivity index (χ1) is 16.1. The molecule has 1 amide bonds. The van der Waals surface area contributed by atoms with Gasteiger partial charge < -0.3 is 19.8 Å². The number of amides is 1. The molecule has 6 rings (SSSR count). The summed E-state index contributed by atoms with van der Waals surface area (Å²) in [5.41, 5.74) is 10.3. The zero-order chi connectivity index (χ0) is 22.5. The quantitative estimate of drug-likeness (QED) is 0.510. The highest BCUT2D eigenvalue weighted by molar-refractivity contribution is 5.97. The molecule has 0 bridgehead atoms. The average Bonchev–Trinajstić information content (AvgIpc) is 3.47. The number of rotatable bonds is 5. The third kappa shape index (κ3) is 3.58. The Hall–Kier alpha value is -3.26. The van der Waals surface area contributed by atoms with Gasteiger partial charge in [0.25, 0.3) is 5.91 Å². The standard InChI is InChI=1S/C25H29N7O/c1-2-31-23-20(11-18(13-28-23)25(33)30-10-4-6-19(26)15-30)29-24(31)21-12-17-5-3-9-27-22(17)32(21)14-16-7-8-16/h3,5,9,11-13,16,19H,2,4,6-8,10,14-15,26H2,1H3/t19-/m1/s1. The number of carbonyl (C=O) groups excluding carboxylic acids is 1. The predicted molar refractivity (Wildman–Crippen MR) is 128 cm³/mol. The van der Waals surface area contributed by atoms with Gasteiger partial charge in [0.15, 0.2) is 11.5 Å². The zero-order valence-electron chi connectivity index (χ0n) is 18.9. The van der Waals surface area contributed by atoms with Gasteiger partial charge in [-0.25, -0.2) is 15.0 Å². The fourth-order valence-corrected chi connectivity index (χ4v) is 5.02. The number of fused-ring (bicyclic) bond motifs is 2. The summed E-state index contributed by atoms with van der Waals surface area (Å²) >= 11 is 0. The van der Waals surface area contributed by atoms with Gasteiger partial charge >= 0.3 is 0 Å². The van der Waals surface area contributed by atoms with Crippen LogP contribution in [-0.4, -0.2) is 54.0 Å². The van der Waals surface area contributed by atoms with E-state index in [0.717, 1.165) is 66.2 Å². The predicted octanol–water partition coefficient (Wildman–Crippen LogP) is 3.44. The lowest BCUT2D eigenvalue weighted by atomic mass is 10.1. The molecule has 2 aliphatic rings. The number of nitrogens with two attached hydrogens (primary N) is 1. The van der Waals surface area contributed by atoms with Crippen LogP contribution in [0.3, 0.4) is 0 Å². The maximum atomic E-state index is 13.1. The van der Waals surface area contributed by atoms with Crippen LogP contribution in [0.4, 0.5) is 0 Å². The van der Waals surface area contributed by atoms with Crippen molar-refractivity contribution in [2.24, 2.45) is 11.7 Å². The van der Waals surface area contributed by atoms with E-state index >= 15 is 0 Å². The van der Waals surface area contributed by atoms with Crippen LogP contribution < -0.4 is 5.73 Å². The lowest BCUT2D eigenvalue weighted by Gasteiger charge is -2.30.